The summed E-state index contributed by atoms with van der Waals surface area (Å²) in [6.07, 6.45) is 3.34. The molecule has 1 heterocycles. The standard InChI is InChI=1S/C17H14N4O2/c18-8-7-14(19)11-1-3-12(4-2-11)23-13-5-6-15-16(9-13)21-17(10-22)20-15/h1-10,18H,19H2,(H,20,21)/b14-7-,18-8?. The van der Waals surface area contributed by atoms with Crippen LogP contribution >= 0.6 is 0 Å². The lowest BCUT2D eigenvalue weighted by molar-refractivity contribution is 0.111. The van der Waals surface area contributed by atoms with Gasteiger partial charge in [0.15, 0.2) is 12.1 Å². The average Bonchev–Trinajstić information content (AvgIpc) is 2.98. The number of aromatic nitrogens is 2. The van der Waals surface area contributed by atoms with Crippen molar-refractivity contribution in [3.63, 3.8) is 0 Å². The van der Waals surface area contributed by atoms with Crippen LogP contribution in [0.3, 0.4) is 0 Å². The molecule has 0 fully saturated rings. The van der Waals surface area contributed by atoms with Gasteiger partial charge in [0.2, 0.25) is 0 Å². The molecule has 23 heavy (non-hydrogen) atoms. The third kappa shape index (κ3) is 3.11. The Hall–Kier alpha value is -3.41. The number of nitrogens with zero attached hydrogens (tertiary/aromatic N) is 1. The van der Waals surface area contributed by atoms with Crippen LogP contribution in [0.15, 0.2) is 48.5 Å². The monoisotopic (exact) mass is 306 g/mol. The summed E-state index contributed by atoms with van der Waals surface area (Å²) in [5.74, 6) is 1.58. The van der Waals surface area contributed by atoms with Gasteiger partial charge in [-0.3, -0.25) is 4.79 Å². The van der Waals surface area contributed by atoms with E-state index in [1.165, 1.54) is 6.08 Å². The Kier molecular flexibility index (Phi) is 3.88. The molecule has 0 radical (unpaired) electrons. The largest absolute Gasteiger partial charge is 0.457 e. The Morgan fingerprint density at radius 2 is 1.91 bits per heavy atom. The molecular weight excluding hydrogens is 292 g/mol. The number of rotatable bonds is 5. The third-order valence-electron chi connectivity index (χ3n) is 3.27. The van der Waals surface area contributed by atoms with E-state index in [1.54, 1.807) is 30.3 Å². The first-order valence-corrected chi connectivity index (χ1v) is 6.89. The second-order valence-corrected chi connectivity index (χ2v) is 4.83. The van der Waals surface area contributed by atoms with Crippen molar-refractivity contribution in [1.29, 1.82) is 5.41 Å². The number of allylic oxidation sites excluding steroid dienone is 1. The summed E-state index contributed by atoms with van der Waals surface area (Å²) in [5.41, 5.74) is 8.60. The van der Waals surface area contributed by atoms with Crippen LogP contribution in [0.5, 0.6) is 11.5 Å². The van der Waals surface area contributed by atoms with Crippen molar-refractivity contribution in [3.8, 4) is 11.5 Å². The van der Waals surface area contributed by atoms with Gasteiger partial charge in [-0.15, -0.1) is 0 Å². The predicted molar refractivity (Wildman–Crippen MR) is 88.9 cm³/mol. The maximum atomic E-state index is 10.7. The van der Waals surface area contributed by atoms with Crippen molar-refractivity contribution in [2.75, 3.05) is 0 Å². The number of ether oxygens (including phenoxy) is 1. The highest BCUT2D eigenvalue weighted by molar-refractivity contribution is 5.83. The summed E-state index contributed by atoms with van der Waals surface area (Å²) < 4.78 is 5.78. The van der Waals surface area contributed by atoms with Gasteiger partial charge in [-0.05, 0) is 48.0 Å². The fourth-order valence-electron chi connectivity index (χ4n) is 2.17. The second-order valence-electron chi connectivity index (χ2n) is 4.83. The van der Waals surface area contributed by atoms with Gasteiger partial charge in [0.25, 0.3) is 0 Å². The zero-order valence-electron chi connectivity index (χ0n) is 12.1. The van der Waals surface area contributed by atoms with Gasteiger partial charge < -0.3 is 20.9 Å². The van der Waals surface area contributed by atoms with Crippen molar-refractivity contribution in [3.05, 3.63) is 59.9 Å². The van der Waals surface area contributed by atoms with Gasteiger partial charge in [0.05, 0.1) is 11.0 Å². The molecule has 0 bridgehead atoms. The van der Waals surface area contributed by atoms with Crippen molar-refractivity contribution in [2.45, 2.75) is 0 Å². The number of aldehydes is 1. The van der Waals surface area contributed by atoms with Gasteiger partial charge in [-0.1, -0.05) is 0 Å². The number of hydrogen-bond acceptors (Lipinski definition) is 5. The van der Waals surface area contributed by atoms with Gasteiger partial charge >= 0.3 is 0 Å². The second kappa shape index (κ2) is 6.15. The highest BCUT2D eigenvalue weighted by Gasteiger charge is 2.05. The highest BCUT2D eigenvalue weighted by atomic mass is 16.5. The molecule has 0 aliphatic rings. The lowest BCUT2D eigenvalue weighted by Crippen LogP contribution is -1.96. The molecule has 2 aromatic carbocycles. The molecule has 4 N–H and O–H groups in total. The van der Waals surface area contributed by atoms with E-state index in [0.29, 0.717) is 29.0 Å². The summed E-state index contributed by atoms with van der Waals surface area (Å²) in [6.45, 7) is 0. The summed E-state index contributed by atoms with van der Waals surface area (Å²) in [5, 5.41) is 7.02. The van der Waals surface area contributed by atoms with Crippen LogP contribution in [-0.4, -0.2) is 22.5 Å². The number of carbonyl (C=O) groups is 1. The SMILES string of the molecule is N=C/C=C(\N)c1ccc(Oc2ccc3nc(C=O)[nH]c3c2)cc1. The molecule has 0 aliphatic heterocycles. The molecule has 1 aromatic heterocycles. The molecule has 3 aromatic rings. The molecule has 0 amide bonds. The van der Waals surface area contributed by atoms with Crippen LogP contribution in [0.1, 0.15) is 16.2 Å². The Morgan fingerprint density at radius 3 is 2.61 bits per heavy atom. The van der Waals surface area contributed by atoms with E-state index in [-0.39, 0.29) is 5.82 Å². The molecule has 0 atom stereocenters. The van der Waals surface area contributed by atoms with E-state index in [4.69, 9.17) is 15.9 Å². The number of imidazole rings is 1. The van der Waals surface area contributed by atoms with Crippen molar-refractivity contribution in [2.24, 2.45) is 5.73 Å². The highest BCUT2D eigenvalue weighted by Crippen LogP contribution is 2.25. The van der Waals surface area contributed by atoms with Crippen LogP contribution in [0, 0.1) is 5.41 Å². The molecule has 0 saturated carbocycles. The predicted octanol–water partition coefficient (Wildman–Crippen LogP) is 3.12. The zero-order valence-corrected chi connectivity index (χ0v) is 12.1. The number of fused-ring (bicyclic) bond motifs is 1. The van der Waals surface area contributed by atoms with E-state index in [2.05, 4.69) is 9.97 Å². The lowest BCUT2D eigenvalue weighted by atomic mass is 10.1. The Bertz CT molecular complexity index is 895. The lowest BCUT2D eigenvalue weighted by Gasteiger charge is -2.07. The summed E-state index contributed by atoms with van der Waals surface area (Å²) in [7, 11) is 0. The third-order valence-corrected chi connectivity index (χ3v) is 3.27. The van der Waals surface area contributed by atoms with Crippen LogP contribution in [0.2, 0.25) is 0 Å². The number of aromatic amines is 1. The molecule has 6 nitrogen and oxygen atoms in total. The number of benzene rings is 2. The molecule has 0 unspecified atom stereocenters. The van der Waals surface area contributed by atoms with E-state index >= 15 is 0 Å². The maximum absolute atomic E-state index is 10.7. The van der Waals surface area contributed by atoms with E-state index in [0.717, 1.165) is 17.3 Å². The number of hydrogen-bond donors (Lipinski definition) is 3. The first-order valence-electron chi connectivity index (χ1n) is 6.89. The minimum Gasteiger partial charge on any atom is -0.457 e. The molecule has 6 heteroatoms. The molecule has 0 aliphatic carbocycles. The summed E-state index contributed by atoms with van der Waals surface area (Å²) in [6, 6.07) is 12.6. The van der Waals surface area contributed by atoms with Gasteiger partial charge in [-0.2, -0.15) is 0 Å². The number of carbonyl (C=O) groups excluding carboxylic acids is 1. The van der Waals surface area contributed by atoms with Crippen molar-refractivity contribution in [1.82, 2.24) is 9.97 Å². The minimum atomic E-state index is 0.287. The molecule has 114 valence electrons. The first-order chi connectivity index (χ1) is 11.2. The van der Waals surface area contributed by atoms with E-state index < -0.39 is 0 Å². The Balaban J connectivity index is 1.82. The van der Waals surface area contributed by atoms with Gasteiger partial charge in [-0.25, -0.2) is 4.98 Å². The van der Waals surface area contributed by atoms with Crippen LogP contribution in [-0.2, 0) is 0 Å². The van der Waals surface area contributed by atoms with Crippen molar-refractivity contribution < 1.29 is 9.53 Å². The quantitative estimate of drug-likeness (QED) is 0.497. The number of H-pyrrole nitrogens is 1. The van der Waals surface area contributed by atoms with Gasteiger partial charge in [0.1, 0.15) is 11.5 Å². The minimum absolute atomic E-state index is 0.287. The molecule has 0 saturated heterocycles. The van der Waals surface area contributed by atoms with Crippen LogP contribution in [0.4, 0.5) is 0 Å². The fourth-order valence-corrected chi connectivity index (χ4v) is 2.17. The molecular formula is C17H14N4O2. The Labute approximate surface area is 132 Å². The topological polar surface area (TPSA) is 105 Å². The van der Waals surface area contributed by atoms with E-state index in [1.807, 2.05) is 12.1 Å². The normalized spacial score (nSPS) is 11.4. The van der Waals surface area contributed by atoms with Crippen LogP contribution < -0.4 is 10.5 Å². The average molecular weight is 306 g/mol. The van der Waals surface area contributed by atoms with E-state index in [9.17, 15) is 4.79 Å². The fraction of sp³-hybridized carbons (Fsp3) is 0. The summed E-state index contributed by atoms with van der Waals surface area (Å²) in [4.78, 5) is 17.7. The number of nitrogens with two attached hydrogens (primary N) is 1. The Morgan fingerprint density at radius 1 is 1.17 bits per heavy atom. The molecule has 0 spiro atoms. The number of nitrogens with one attached hydrogen (secondary N) is 2. The maximum Gasteiger partial charge on any atom is 0.185 e. The first kappa shape index (κ1) is 14.5. The van der Waals surface area contributed by atoms with Gasteiger partial charge in [0, 0.05) is 18.0 Å². The zero-order chi connectivity index (χ0) is 16.2. The summed E-state index contributed by atoms with van der Waals surface area (Å²) >= 11 is 0. The van der Waals surface area contributed by atoms with Crippen molar-refractivity contribution >= 4 is 29.2 Å². The smallest absolute Gasteiger partial charge is 0.185 e. The molecule has 3 rings (SSSR count). The van der Waals surface area contributed by atoms with Crippen LogP contribution in [0.25, 0.3) is 16.7 Å².